The molecule has 10 heteroatoms. The van der Waals surface area contributed by atoms with E-state index in [0.717, 1.165) is 5.56 Å². The Kier molecular flexibility index (Phi) is 7.19. The van der Waals surface area contributed by atoms with Gasteiger partial charge in [-0.05, 0) is 48.0 Å². The molecule has 0 aliphatic carbocycles. The minimum Gasteiger partial charge on any atom is -0.472 e. The second kappa shape index (κ2) is 10.5. The van der Waals surface area contributed by atoms with Crippen molar-refractivity contribution in [3.05, 3.63) is 108 Å². The molecular weight excluding hydrogens is 490 g/mol. The van der Waals surface area contributed by atoms with Crippen molar-refractivity contribution in [3.8, 4) is 0 Å². The average Bonchev–Trinajstić information content (AvgIpc) is 3.36. The molecule has 3 aromatic carbocycles. The van der Waals surface area contributed by atoms with Gasteiger partial charge in [0.25, 0.3) is 15.9 Å². The monoisotopic (exact) mass is 509 g/mol. The first-order chi connectivity index (χ1) is 16.8. The number of benzene rings is 3. The predicted octanol–water partition coefficient (Wildman–Crippen LogP) is 5.17. The minimum atomic E-state index is -4.03. The number of halogens is 1. The van der Waals surface area contributed by atoms with Crippen molar-refractivity contribution < 1.29 is 22.4 Å². The smallest absolute Gasteiger partial charge is 0.261 e. The summed E-state index contributed by atoms with van der Waals surface area (Å²) >= 11 is 5.95. The molecule has 3 N–H and O–H groups in total. The maximum atomic E-state index is 13.0. The van der Waals surface area contributed by atoms with Crippen LogP contribution in [0.25, 0.3) is 0 Å². The van der Waals surface area contributed by atoms with Crippen LogP contribution in [0.5, 0.6) is 0 Å². The Bertz CT molecular complexity index is 1460. The number of carbonyl (C=O) groups excluding carboxylic acids is 2. The van der Waals surface area contributed by atoms with Gasteiger partial charge in [-0.15, -0.1) is 0 Å². The van der Waals surface area contributed by atoms with Crippen molar-refractivity contribution in [2.45, 2.75) is 11.3 Å². The Balaban J connectivity index is 1.62. The fourth-order valence-electron chi connectivity index (χ4n) is 3.23. The molecule has 0 fully saturated rings. The van der Waals surface area contributed by atoms with Gasteiger partial charge in [0.2, 0.25) is 5.91 Å². The van der Waals surface area contributed by atoms with Gasteiger partial charge in [-0.3, -0.25) is 14.3 Å². The summed E-state index contributed by atoms with van der Waals surface area (Å²) < 4.78 is 33.4. The van der Waals surface area contributed by atoms with Crippen LogP contribution in [-0.4, -0.2) is 20.2 Å². The highest BCUT2D eigenvalue weighted by molar-refractivity contribution is 7.92. The zero-order valence-electron chi connectivity index (χ0n) is 18.2. The molecule has 2 amide bonds. The molecule has 0 bridgehead atoms. The number of furan rings is 1. The van der Waals surface area contributed by atoms with E-state index in [1.807, 2.05) is 30.3 Å². The summed E-state index contributed by atoms with van der Waals surface area (Å²) in [6, 6.07) is 20.9. The van der Waals surface area contributed by atoms with Crippen LogP contribution in [0.3, 0.4) is 0 Å². The van der Waals surface area contributed by atoms with E-state index in [4.69, 9.17) is 16.0 Å². The molecule has 8 nitrogen and oxygen atoms in total. The van der Waals surface area contributed by atoms with Crippen LogP contribution >= 0.6 is 11.6 Å². The van der Waals surface area contributed by atoms with Gasteiger partial charge in [0, 0.05) is 5.02 Å². The van der Waals surface area contributed by atoms with E-state index < -0.39 is 15.9 Å². The number of rotatable bonds is 8. The third-order valence-electron chi connectivity index (χ3n) is 4.89. The van der Waals surface area contributed by atoms with E-state index in [-0.39, 0.29) is 39.8 Å². The van der Waals surface area contributed by atoms with Gasteiger partial charge >= 0.3 is 0 Å². The number of amides is 2. The molecule has 0 atom stereocenters. The van der Waals surface area contributed by atoms with Crippen LogP contribution in [0, 0.1) is 0 Å². The highest BCUT2D eigenvalue weighted by atomic mass is 35.5. The highest BCUT2D eigenvalue weighted by Gasteiger charge is 2.19. The third-order valence-corrected chi connectivity index (χ3v) is 6.51. The van der Waals surface area contributed by atoms with E-state index in [2.05, 4.69) is 15.4 Å². The first-order valence-corrected chi connectivity index (χ1v) is 12.3. The van der Waals surface area contributed by atoms with Crippen molar-refractivity contribution in [1.29, 1.82) is 0 Å². The van der Waals surface area contributed by atoms with Crippen molar-refractivity contribution in [2.75, 3.05) is 15.4 Å². The zero-order valence-corrected chi connectivity index (χ0v) is 19.8. The van der Waals surface area contributed by atoms with Crippen LogP contribution in [0.1, 0.15) is 15.9 Å². The van der Waals surface area contributed by atoms with Crippen molar-refractivity contribution in [2.24, 2.45) is 0 Å². The first kappa shape index (κ1) is 24.1. The standard InChI is InChI=1S/C25H20ClN3O5S/c26-19-7-4-8-20(14-19)29-35(32,33)21-9-10-22(27-24(30)13-17-5-2-1-3-6-17)23(15-21)28-25(31)18-11-12-34-16-18/h1-12,14-16,29H,13H2,(H,27,30)(H,28,31). The summed E-state index contributed by atoms with van der Waals surface area (Å²) in [5.41, 5.74) is 1.66. The van der Waals surface area contributed by atoms with E-state index in [9.17, 15) is 18.0 Å². The van der Waals surface area contributed by atoms with Crippen LogP contribution < -0.4 is 15.4 Å². The minimum absolute atomic E-state index is 0.103. The third kappa shape index (κ3) is 6.28. The fraction of sp³-hybridized carbons (Fsp3) is 0.0400. The molecule has 0 spiro atoms. The number of anilines is 3. The summed E-state index contributed by atoms with van der Waals surface area (Å²) in [6.45, 7) is 0. The number of carbonyl (C=O) groups is 2. The molecule has 0 saturated carbocycles. The van der Waals surface area contributed by atoms with Gasteiger partial charge < -0.3 is 15.1 Å². The lowest BCUT2D eigenvalue weighted by atomic mass is 10.1. The van der Waals surface area contributed by atoms with Gasteiger partial charge in [0.05, 0.1) is 40.2 Å². The summed E-state index contributed by atoms with van der Waals surface area (Å²) in [5, 5.41) is 5.75. The SMILES string of the molecule is O=C(Cc1ccccc1)Nc1ccc(S(=O)(=O)Nc2cccc(Cl)c2)cc1NC(=O)c1ccoc1. The van der Waals surface area contributed by atoms with Crippen LogP contribution in [-0.2, 0) is 21.2 Å². The zero-order chi connectivity index (χ0) is 24.8. The lowest BCUT2D eigenvalue weighted by Gasteiger charge is -2.15. The Morgan fingerprint density at radius 1 is 0.857 bits per heavy atom. The van der Waals surface area contributed by atoms with E-state index in [0.29, 0.717) is 5.02 Å². The molecule has 1 aromatic heterocycles. The maximum absolute atomic E-state index is 13.0. The van der Waals surface area contributed by atoms with Crippen LogP contribution in [0.15, 0.2) is 101 Å². The molecule has 1 heterocycles. The fourth-order valence-corrected chi connectivity index (χ4v) is 4.50. The predicted molar refractivity (Wildman–Crippen MR) is 134 cm³/mol. The Morgan fingerprint density at radius 3 is 2.37 bits per heavy atom. The molecule has 4 aromatic rings. The summed E-state index contributed by atoms with van der Waals surface area (Å²) in [7, 11) is -4.03. The maximum Gasteiger partial charge on any atom is 0.261 e. The van der Waals surface area contributed by atoms with Crippen LogP contribution in [0.2, 0.25) is 5.02 Å². The summed E-state index contributed by atoms with van der Waals surface area (Å²) in [4.78, 5) is 25.1. The van der Waals surface area contributed by atoms with E-state index >= 15 is 0 Å². The number of sulfonamides is 1. The lowest BCUT2D eigenvalue weighted by molar-refractivity contribution is -0.115. The van der Waals surface area contributed by atoms with Gasteiger partial charge in [0.15, 0.2) is 0 Å². The Labute approximate surface area is 207 Å². The summed E-state index contributed by atoms with van der Waals surface area (Å²) in [5.74, 6) is -0.864. The quantitative estimate of drug-likeness (QED) is 0.303. The van der Waals surface area contributed by atoms with Crippen molar-refractivity contribution >= 4 is 50.5 Å². The van der Waals surface area contributed by atoms with Gasteiger partial charge in [-0.1, -0.05) is 48.0 Å². The Morgan fingerprint density at radius 2 is 1.66 bits per heavy atom. The van der Waals surface area contributed by atoms with Gasteiger partial charge in [-0.2, -0.15) is 0 Å². The number of hydrogen-bond donors (Lipinski definition) is 3. The topological polar surface area (TPSA) is 118 Å². The van der Waals surface area contributed by atoms with Gasteiger partial charge in [-0.25, -0.2) is 8.42 Å². The molecule has 0 aliphatic rings. The normalized spacial score (nSPS) is 11.0. The van der Waals surface area contributed by atoms with Crippen molar-refractivity contribution in [3.63, 3.8) is 0 Å². The average molecular weight is 510 g/mol. The molecule has 0 saturated heterocycles. The number of nitrogens with one attached hydrogen (secondary N) is 3. The molecule has 178 valence electrons. The lowest BCUT2D eigenvalue weighted by Crippen LogP contribution is -2.19. The highest BCUT2D eigenvalue weighted by Crippen LogP contribution is 2.28. The second-order valence-corrected chi connectivity index (χ2v) is 9.62. The largest absolute Gasteiger partial charge is 0.472 e. The molecular formula is C25H20ClN3O5S. The summed E-state index contributed by atoms with van der Waals surface area (Å²) in [6.07, 6.45) is 2.70. The van der Waals surface area contributed by atoms with E-state index in [1.165, 1.54) is 42.9 Å². The second-order valence-electron chi connectivity index (χ2n) is 7.50. The molecule has 35 heavy (non-hydrogen) atoms. The molecule has 4 rings (SSSR count). The van der Waals surface area contributed by atoms with Gasteiger partial charge in [0.1, 0.15) is 6.26 Å². The van der Waals surface area contributed by atoms with Crippen LogP contribution in [0.4, 0.5) is 17.1 Å². The molecule has 0 radical (unpaired) electrons. The Hall–Kier alpha value is -4.08. The molecule has 0 aliphatic heterocycles. The first-order valence-electron chi connectivity index (χ1n) is 10.4. The van der Waals surface area contributed by atoms with Crippen molar-refractivity contribution in [1.82, 2.24) is 0 Å². The molecule has 0 unspecified atom stereocenters. The number of hydrogen-bond acceptors (Lipinski definition) is 5. The van der Waals surface area contributed by atoms with E-state index in [1.54, 1.807) is 18.2 Å².